The van der Waals surface area contributed by atoms with Crippen LogP contribution in [-0.2, 0) is 6.54 Å². The third-order valence-electron chi connectivity index (χ3n) is 2.97. The molecule has 0 aromatic carbocycles. The van der Waals surface area contributed by atoms with Gasteiger partial charge in [-0.3, -0.25) is 4.98 Å². The van der Waals surface area contributed by atoms with Crippen molar-refractivity contribution in [2.24, 2.45) is 0 Å². The summed E-state index contributed by atoms with van der Waals surface area (Å²) < 4.78 is 0. The molecule has 0 atom stereocenters. The predicted molar refractivity (Wildman–Crippen MR) is 79.7 cm³/mol. The van der Waals surface area contributed by atoms with E-state index in [0.29, 0.717) is 22.9 Å². The molecule has 4 nitrogen and oxygen atoms in total. The van der Waals surface area contributed by atoms with Crippen LogP contribution in [0.1, 0.15) is 23.9 Å². The van der Waals surface area contributed by atoms with Crippen molar-refractivity contribution < 1.29 is 0 Å². The van der Waals surface area contributed by atoms with E-state index in [0.717, 1.165) is 17.9 Å². The molecule has 0 aliphatic carbocycles. The summed E-state index contributed by atoms with van der Waals surface area (Å²) in [7, 11) is 0. The molecule has 0 radical (unpaired) electrons. The average Bonchev–Trinajstić information content (AvgIpc) is 2.45. The van der Waals surface area contributed by atoms with Crippen molar-refractivity contribution >= 4 is 17.4 Å². The fraction of sp³-hybridized carbons (Fsp3) is 0.267. The van der Waals surface area contributed by atoms with Crippen LogP contribution < -0.4 is 4.90 Å². The zero-order valence-corrected chi connectivity index (χ0v) is 12.2. The van der Waals surface area contributed by atoms with E-state index in [1.54, 1.807) is 12.3 Å². The molecule has 2 aromatic heterocycles. The van der Waals surface area contributed by atoms with Crippen molar-refractivity contribution in [1.29, 1.82) is 5.26 Å². The lowest BCUT2D eigenvalue weighted by Gasteiger charge is -2.22. The molecule has 0 spiro atoms. The summed E-state index contributed by atoms with van der Waals surface area (Å²) in [6, 6.07) is 9.60. The van der Waals surface area contributed by atoms with Crippen LogP contribution in [0.3, 0.4) is 0 Å². The Morgan fingerprint density at radius 2 is 2.15 bits per heavy atom. The van der Waals surface area contributed by atoms with Crippen LogP contribution in [0.4, 0.5) is 5.82 Å². The van der Waals surface area contributed by atoms with E-state index in [1.165, 1.54) is 0 Å². The van der Waals surface area contributed by atoms with Crippen LogP contribution in [0.5, 0.6) is 0 Å². The second-order valence-electron chi connectivity index (χ2n) is 4.39. The third kappa shape index (κ3) is 3.06. The summed E-state index contributed by atoms with van der Waals surface area (Å²) in [5.41, 5.74) is 2.36. The SMILES string of the molecule is CCN(Cc1cccc(C)n1)c1nccc(C#N)c1Cl. The standard InChI is InChI=1S/C15H15ClN4/c1-3-20(10-13-6-4-5-11(2)19-13)15-14(16)12(9-17)7-8-18-15/h4-8H,3,10H2,1-2H3. The number of halogens is 1. The molecule has 2 aromatic rings. The fourth-order valence-electron chi connectivity index (χ4n) is 1.96. The van der Waals surface area contributed by atoms with Gasteiger partial charge in [-0.1, -0.05) is 17.7 Å². The van der Waals surface area contributed by atoms with Gasteiger partial charge < -0.3 is 4.90 Å². The lowest BCUT2D eigenvalue weighted by Crippen LogP contribution is -2.24. The van der Waals surface area contributed by atoms with E-state index in [2.05, 4.69) is 16.0 Å². The summed E-state index contributed by atoms with van der Waals surface area (Å²) in [4.78, 5) is 10.8. The van der Waals surface area contributed by atoms with Gasteiger partial charge in [0.1, 0.15) is 16.9 Å². The number of aromatic nitrogens is 2. The van der Waals surface area contributed by atoms with Gasteiger partial charge >= 0.3 is 0 Å². The van der Waals surface area contributed by atoms with Gasteiger partial charge in [-0.05, 0) is 32.0 Å². The first-order chi connectivity index (χ1) is 9.65. The number of hydrogen-bond acceptors (Lipinski definition) is 4. The fourth-order valence-corrected chi connectivity index (χ4v) is 2.23. The number of rotatable bonds is 4. The highest BCUT2D eigenvalue weighted by Crippen LogP contribution is 2.27. The maximum atomic E-state index is 9.03. The molecule has 2 heterocycles. The molecule has 0 bridgehead atoms. The molecule has 0 saturated carbocycles. The summed E-state index contributed by atoms with van der Waals surface area (Å²) in [6.07, 6.45) is 1.60. The molecule has 102 valence electrons. The van der Waals surface area contributed by atoms with Crippen LogP contribution in [0.25, 0.3) is 0 Å². The first-order valence-corrected chi connectivity index (χ1v) is 6.75. The number of nitriles is 1. The number of anilines is 1. The second-order valence-corrected chi connectivity index (χ2v) is 4.77. The van der Waals surface area contributed by atoms with E-state index in [9.17, 15) is 0 Å². The third-order valence-corrected chi connectivity index (χ3v) is 3.34. The van der Waals surface area contributed by atoms with Crippen LogP contribution in [0, 0.1) is 18.3 Å². The highest BCUT2D eigenvalue weighted by atomic mass is 35.5. The number of nitrogens with zero attached hydrogens (tertiary/aromatic N) is 4. The van der Waals surface area contributed by atoms with Crippen molar-refractivity contribution in [2.75, 3.05) is 11.4 Å². The van der Waals surface area contributed by atoms with Gasteiger partial charge in [-0.2, -0.15) is 5.26 Å². The molecule has 0 aliphatic heterocycles. The van der Waals surface area contributed by atoms with Crippen molar-refractivity contribution in [1.82, 2.24) is 9.97 Å². The van der Waals surface area contributed by atoms with Gasteiger partial charge in [0.25, 0.3) is 0 Å². The van der Waals surface area contributed by atoms with E-state index in [-0.39, 0.29) is 0 Å². The minimum absolute atomic E-state index is 0.393. The number of aryl methyl sites for hydroxylation is 1. The Kier molecular flexibility index (Phi) is 4.54. The van der Waals surface area contributed by atoms with Crippen LogP contribution in [0.15, 0.2) is 30.5 Å². The first kappa shape index (κ1) is 14.3. The van der Waals surface area contributed by atoms with Crippen molar-refractivity contribution in [3.63, 3.8) is 0 Å². The predicted octanol–water partition coefficient (Wildman–Crippen LogP) is 3.34. The normalized spacial score (nSPS) is 10.1. The molecule has 0 unspecified atom stereocenters. The van der Waals surface area contributed by atoms with E-state index in [4.69, 9.17) is 16.9 Å². The minimum Gasteiger partial charge on any atom is -0.350 e. The van der Waals surface area contributed by atoms with Crippen LogP contribution >= 0.6 is 11.6 Å². The lowest BCUT2D eigenvalue weighted by molar-refractivity contribution is 0.790. The molecule has 0 amide bonds. The second kappa shape index (κ2) is 6.36. The van der Waals surface area contributed by atoms with Crippen molar-refractivity contribution in [3.05, 3.63) is 52.4 Å². The number of hydrogen-bond donors (Lipinski definition) is 0. The lowest BCUT2D eigenvalue weighted by atomic mass is 10.2. The van der Waals surface area contributed by atoms with Crippen LogP contribution in [-0.4, -0.2) is 16.5 Å². The van der Waals surface area contributed by atoms with Crippen molar-refractivity contribution in [2.45, 2.75) is 20.4 Å². The zero-order chi connectivity index (χ0) is 14.5. The Balaban J connectivity index is 2.32. The Morgan fingerprint density at radius 3 is 2.80 bits per heavy atom. The average molecular weight is 287 g/mol. The Hall–Kier alpha value is -2.12. The highest BCUT2D eigenvalue weighted by Gasteiger charge is 2.14. The molecular weight excluding hydrogens is 272 g/mol. The van der Waals surface area contributed by atoms with Gasteiger partial charge in [-0.15, -0.1) is 0 Å². The molecule has 0 N–H and O–H groups in total. The van der Waals surface area contributed by atoms with Crippen molar-refractivity contribution in [3.8, 4) is 6.07 Å². The molecule has 2 rings (SSSR count). The maximum Gasteiger partial charge on any atom is 0.149 e. The van der Waals surface area contributed by atoms with Gasteiger partial charge in [0.2, 0.25) is 0 Å². The summed E-state index contributed by atoms with van der Waals surface area (Å²) in [6.45, 7) is 5.32. The molecule has 20 heavy (non-hydrogen) atoms. The molecule has 0 fully saturated rings. The zero-order valence-electron chi connectivity index (χ0n) is 11.5. The van der Waals surface area contributed by atoms with Crippen LogP contribution in [0.2, 0.25) is 5.02 Å². The van der Waals surface area contributed by atoms with E-state index in [1.807, 2.05) is 36.9 Å². The topological polar surface area (TPSA) is 52.8 Å². The Labute approximate surface area is 123 Å². The smallest absolute Gasteiger partial charge is 0.149 e. The minimum atomic E-state index is 0.393. The first-order valence-electron chi connectivity index (χ1n) is 6.37. The summed E-state index contributed by atoms with van der Waals surface area (Å²) >= 11 is 6.23. The Bertz CT molecular complexity index is 649. The van der Waals surface area contributed by atoms with Gasteiger partial charge in [0.05, 0.1) is 17.8 Å². The molecule has 0 saturated heterocycles. The quantitative estimate of drug-likeness (QED) is 0.865. The largest absolute Gasteiger partial charge is 0.350 e. The van der Waals surface area contributed by atoms with Gasteiger partial charge in [-0.25, -0.2) is 4.98 Å². The molecular formula is C15H15ClN4. The van der Waals surface area contributed by atoms with Gasteiger partial charge in [0.15, 0.2) is 0 Å². The van der Waals surface area contributed by atoms with E-state index < -0.39 is 0 Å². The Morgan fingerprint density at radius 1 is 1.35 bits per heavy atom. The molecule has 5 heteroatoms. The molecule has 0 aliphatic rings. The monoisotopic (exact) mass is 286 g/mol. The summed E-state index contributed by atoms with van der Waals surface area (Å²) in [5, 5.41) is 9.42. The van der Waals surface area contributed by atoms with Gasteiger partial charge in [0, 0.05) is 18.4 Å². The number of pyridine rings is 2. The summed E-state index contributed by atoms with van der Waals surface area (Å²) in [5.74, 6) is 0.622. The maximum absolute atomic E-state index is 9.03. The highest BCUT2D eigenvalue weighted by molar-refractivity contribution is 6.34. The van der Waals surface area contributed by atoms with E-state index >= 15 is 0 Å².